The average Bonchev–Trinajstić information content (AvgIpc) is 1.95. The van der Waals surface area contributed by atoms with Crippen molar-refractivity contribution in [1.82, 2.24) is 0 Å². The van der Waals surface area contributed by atoms with Crippen molar-refractivity contribution in [2.24, 2.45) is 11.1 Å². The molecule has 0 saturated heterocycles. The zero-order valence-corrected chi connectivity index (χ0v) is 10.4. The summed E-state index contributed by atoms with van der Waals surface area (Å²) in [6, 6.07) is -0.294. The molecule has 78 valence electrons. The molecule has 1 atom stereocenters. The lowest BCUT2D eigenvalue weighted by atomic mass is 10.0. The van der Waals surface area contributed by atoms with Crippen molar-refractivity contribution in [1.29, 1.82) is 0 Å². The zero-order chi connectivity index (χ0) is 10.5. The first-order valence-corrected chi connectivity index (χ1v) is 6.82. The molecule has 0 saturated carbocycles. The van der Waals surface area contributed by atoms with Crippen LogP contribution in [-0.4, -0.2) is 23.3 Å². The lowest BCUT2D eigenvalue weighted by molar-refractivity contribution is -0.117. The standard InChI is InChI=1S/C9H19NOS2/c1-7(11)8(10)5-12-13-6-9(2,3)4/h8H,5-6,10H2,1-4H3/t8-/m0/s1. The van der Waals surface area contributed by atoms with E-state index in [-0.39, 0.29) is 11.8 Å². The van der Waals surface area contributed by atoms with E-state index < -0.39 is 0 Å². The monoisotopic (exact) mass is 221 g/mol. The summed E-state index contributed by atoms with van der Waals surface area (Å²) < 4.78 is 0. The Kier molecular flexibility index (Phi) is 6.09. The van der Waals surface area contributed by atoms with Crippen LogP contribution in [0, 0.1) is 5.41 Å². The van der Waals surface area contributed by atoms with Crippen LogP contribution in [0.5, 0.6) is 0 Å². The highest BCUT2D eigenvalue weighted by molar-refractivity contribution is 8.76. The summed E-state index contributed by atoms with van der Waals surface area (Å²) in [6.07, 6.45) is 0. The highest BCUT2D eigenvalue weighted by atomic mass is 33.1. The average molecular weight is 221 g/mol. The van der Waals surface area contributed by atoms with Gasteiger partial charge in [-0.3, -0.25) is 4.79 Å². The van der Waals surface area contributed by atoms with E-state index in [0.29, 0.717) is 5.41 Å². The molecule has 0 unspecified atom stereocenters. The Bertz CT molecular complexity index is 165. The minimum Gasteiger partial charge on any atom is -0.321 e. The van der Waals surface area contributed by atoms with E-state index in [1.807, 2.05) is 0 Å². The molecular weight excluding hydrogens is 202 g/mol. The van der Waals surface area contributed by atoms with Gasteiger partial charge in [0.15, 0.2) is 0 Å². The van der Waals surface area contributed by atoms with Crippen LogP contribution in [0.25, 0.3) is 0 Å². The predicted octanol–water partition coefficient (Wildman–Crippen LogP) is 2.33. The lowest BCUT2D eigenvalue weighted by Crippen LogP contribution is -2.30. The Balaban J connectivity index is 3.41. The van der Waals surface area contributed by atoms with Gasteiger partial charge in [-0.15, -0.1) is 0 Å². The summed E-state index contributed by atoms with van der Waals surface area (Å²) in [4.78, 5) is 10.8. The Morgan fingerprint density at radius 3 is 2.31 bits per heavy atom. The molecule has 13 heavy (non-hydrogen) atoms. The van der Waals surface area contributed by atoms with Crippen molar-refractivity contribution in [3.05, 3.63) is 0 Å². The molecule has 2 N–H and O–H groups in total. The third-order valence-corrected chi connectivity index (χ3v) is 4.25. The molecule has 2 nitrogen and oxygen atoms in total. The maximum absolute atomic E-state index is 10.8. The summed E-state index contributed by atoms with van der Waals surface area (Å²) in [5.41, 5.74) is 5.93. The number of Topliss-reactive ketones (excluding diaryl/α,β-unsaturated/α-hetero) is 1. The molecule has 0 bridgehead atoms. The van der Waals surface area contributed by atoms with Crippen molar-refractivity contribution in [2.75, 3.05) is 11.5 Å². The Hall–Kier alpha value is 0.330. The molecule has 0 aliphatic heterocycles. The largest absolute Gasteiger partial charge is 0.321 e. The number of hydrogen-bond acceptors (Lipinski definition) is 4. The third kappa shape index (κ3) is 8.65. The van der Waals surface area contributed by atoms with Crippen molar-refractivity contribution >= 4 is 27.4 Å². The van der Waals surface area contributed by atoms with Gasteiger partial charge < -0.3 is 5.73 Å². The highest BCUT2D eigenvalue weighted by Gasteiger charge is 2.12. The van der Waals surface area contributed by atoms with Gasteiger partial charge in [-0.2, -0.15) is 0 Å². The van der Waals surface area contributed by atoms with Gasteiger partial charge in [0.2, 0.25) is 0 Å². The summed E-state index contributed by atoms with van der Waals surface area (Å²) in [5.74, 6) is 1.88. The summed E-state index contributed by atoms with van der Waals surface area (Å²) in [7, 11) is 3.48. The Morgan fingerprint density at radius 2 is 1.92 bits per heavy atom. The summed E-state index contributed by atoms with van der Waals surface area (Å²) >= 11 is 0. The fraction of sp³-hybridized carbons (Fsp3) is 0.889. The van der Waals surface area contributed by atoms with E-state index in [0.717, 1.165) is 11.5 Å². The molecule has 0 radical (unpaired) electrons. The molecule has 0 aliphatic rings. The zero-order valence-electron chi connectivity index (χ0n) is 8.79. The molecule has 4 heteroatoms. The number of carbonyl (C=O) groups excluding carboxylic acids is 1. The van der Waals surface area contributed by atoms with Crippen LogP contribution in [-0.2, 0) is 4.79 Å². The van der Waals surface area contributed by atoms with Crippen molar-refractivity contribution in [3.8, 4) is 0 Å². The second kappa shape index (κ2) is 5.94. The topological polar surface area (TPSA) is 43.1 Å². The molecule has 0 aromatic heterocycles. The summed E-state index contributed by atoms with van der Waals surface area (Å²) in [5, 5.41) is 0. The fourth-order valence-electron chi connectivity index (χ4n) is 0.457. The minimum absolute atomic E-state index is 0.0730. The Morgan fingerprint density at radius 1 is 1.38 bits per heavy atom. The van der Waals surface area contributed by atoms with E-state index in [4.69, 9.17) is 5.73 Å². The highest BCUT2D eigenvalue weighted by Crippen LogP contribution is 2.29. The van der Waals surface area contributed by atoms with E-state index in [9.17, 15) is 4.79 Å². The van der Waals surface area contributed by atoms with E-state index in [2.05, 4.69) is 20.8 Å². The van der Waals surface area contributed by atoms with Gasteiger partial charge in [-0.1, -0.05) is 42.4 Å². The number of rotatable bonds is 5. The smallest absolute Gasteiger partial charge is 0.147 e. The Labute approximate surface area is 88.8 Å². The second-order valence-electron chi connectivity index (χ2n) is 4.32. The molecule has 0 aromatic carbocycles. The van der Waals surface area contributed by atoms with Gasteiger partial charge in [-0.25, -0.2) is 0 Å². The van der Waals surface area contributed by atoms with Gasteiger partial charge in [-0.05, 0) is 12.3 Å². The molecule has 0 spiro atoms. The quantitative estimate of drug-likeness (QED) is 0.571. The second-order valence-corrected chi connectivity index (χ2v) is 6.83. The predicted molar refractivity (Wildman–Crippen MR) is 63.0 cm³/mol. The third-order valence-electron chi connectivity index (χ3n) is 1.35. The normalized spacial score (nSPS) is 14.2. The van der Waals surface area contributed by atoms with Crippen LogP contribution in [0.2, 0.25) is 0 Å². The maximum Gasteiger partial charge on any atom is 0.147 e. The first-order valence-electron chi connectivity index (χ1n) is 4.33. The van der Waals surface area contributed by atoms with Crippen molar-refractivity contribution < 1.29 is 4.79 Å². The van der Waals surface area contributed by atoms with Crippen LogP contribution in [0.1, 0.15) is 27.7 Å². The number of carbonyl (C=O) groups is 1. The molecule has 0 aliphatic carbocycles. The molecule has 0 rings (SSSR count). The lowest BCUT2D eigenvalue weighted by Gasteiger charge is -2.17. The van der Waals surface area contributed by atoms with Crippen LogP contribution in [0.3, 0.4) is 0 Å². The van der Waals surface area contributed by atoms with E-state index in [1.54, 1.807) is 28.5 Å². The van der Waals surface area contributed by atoms with Gasteiger partial charge in [0, 0.05) is 11.5 Å². The van der Waals surface area contributed by atoms with Crippen LogP contribution < -0.4 is 5.73 Å². The van der Waals surface area contributed by atoms with Crippen molar-refractivity contribution in [2.45, 2.75) is 33.7 Å². The van der Waals surface area contributed by atoms with Gasteiger partial charge in [0.05, 0.1) is 6.04 Å². The van der Waals surface area contributed by atoms with Crippen LogP contribution in [0.15, 0.2) is 0 Å². The maximum atomic E-state index is 10.8. The van der Waals surface area contributed by atoms with Crippen LogP contribution in [0.4, 0.5) is 0 Å². The molecule has 0 fully saturated rings. The van der Waals surface area contributed by atoms with E-state index in [1.165, 1.54) is 0 Å². The number of nitrogens with two attached hydrogens (primary N) is 1. The van der Waals surface area contributed by atoms with E-state index >= 15 is 0 Å². The van der Waals surface area contributed by atoms with Crippen LogP contribution >= 0.6 is 21.6 Å². The number of hydrogen-bond donors (Lipinski definition) is 1. The molecule has 0 heterocycles. The SMILES string of the molecule is CC(=O)[C@@H](N)CSSCC(C)(C)C. The molecular formula is C9H19NOS2. The van der Waals surface area contributed by atoms with Gasteiger partial charge in [0.1, 0.15) is 5.78 Å². The first-order chi connectivity index (χ1) is 5.83. The fourth-order valence-corrected chi connectivity index (χ4v) is 3.41. The number of ketones is 1. The molecule has 0 amide bonds. The van der Waals surface area contributed by atoms with Gasteiger partial charge >= 0.3 is 0 Å². The summed E-state index contributed by atoms with van der Waals surface area (Å²) in [6.45, 7) is 8.14. The van der Waals surface area contributed by atoms with Crippen molar-refractivity contribution in [3.63, 3.8) is 0 Å². The minimum atomic E-state index is -0.294. The van der Waals surface area contributed by atoms with Gasteiger partial charge in [0.25, 0.3) is 0 Å². The first kappa shape index (κ1) is 13.3. The molecule has 0 aromatic rings.